The monoisotopic (exact) mass is 256 g/mol. The van der Waals surface area contributed by atoms with Crippen LogP contribution in [-0.4, -0.2) is 18.5 Å². The molecule has 1 atom stereocenters. The number of nitrogens with one attached hydrogen (secondary N) is 1. The third-order valence-electron chi connectivity index (χ3n) is 3.17. The fourth-order valence-electron chi connectivity index (χ4n) is 1.98. The van der Waals surface area contributed by atoms with Gasteiger partial charge in [-0.2, -0.15) is 0 Å². The molecule has 0 aliphatic rings. The first-order chi connectivity index (χ1) is 8.66. The Kier molecular flexibility index (Phi) is 12.5. The molecule has 0 fully saturated rings. The average Bonchev–Trinajstić information content (AvgIpc) is 2.33. The lowest BCUT2D eigenvalue weighted by atomic mass is 10.1. The van der Waals surface area contributed by atoms with Gasteiger partial charge in [-0.25, -0.2) is 0 Å². The molecule has 0 saturated heterocycles. The lowest BCUT2D eigenvalue weighted by Gasteiger charge is -2.07. The Morgan fingerprint density at radius 2 is 1.67 bits per heavy atom. The van der Waals surface area contributed by atoms with Gasteiger partial charge in [0.15, 0.2) is 0 Å². The Hall–Kier alpha value is -0.570. The summed E-state index contributed by atoms with van der Waals surface area (Å²) in [6.45, 7) is 5.01. The smallest absolute Gasteiger partial charge is 0.219 e. The summed E-state index contributed by atoms with van der Waals surface area (Å²) in [5.74, 6) is 0.202. The van der Waals surface area contributed by atoms with Crippen LogP contribution in [0.15, 0.2) is 0 Å². The molecule has 18 heavy (non-hydrogen) atoms. The second kappa shape index (κ2) is 12.9. The third-order valence-corrected chi connectivity index (χ3v) is 3.17. The van der Waals surface area contributed by atoms with Crippen molar-refractivity contribution in [2.75, 3.05) is 6.54 Å². The van der Waals surface area contributed by atoms with Gasteiger partial charge in [-0.05, 0) is 26.2 Å². The minimum Gasteiger partial charge on any atom is -0.356 e. The zero-order valence-corrected chi connectivity index (χ0v) is 12.3. The summed E-state index contributed by atoms with van der Waals surface area (Å²) in [4.78, 5) is 11.5. The number of hydrogen-bond donors (Lipinski definition) is 2. The van der Waals surface area contributed by atoms with Gasteiger partial charge >= 0.3 is 0 Å². The molecule has 1 amide bonds. The summed E-state index contributed by atoms with van der Waals surface area (Å²) in [5, 5.41) is 2.95. The molecular weight excluding hydrogens is 224 g/mol. The maximum Gasteiger partial charge on any atom is 0.219 e. The highest BCUT2D eigenvalue weighted by Gasteiger charge is 2.01. The molecule has 0 rings (SSSR count). The highest BCUT2D eigenvalue weighted by atomic mass is 16.1. The number of amides is 1. The Morgan fingerprint density at radius 1 is 1.06 bits per heavy atom. The van der Waals surface area contributed by atoms with Gasteiger partial charge in [-0.1, -0.05) is 45.4 Å². The van der Waals surface area contributed by atoms with Gasteiger partial charge in [0.05, 0.1) is 0 Å². The standard InChI is InChI=1S/C15H32N2O/c1-3-4-5-6-7-8-9-12-15(18)17-13-10-11-14(2)16/h14H,3-13,16H2,1-2H3,(H,17,18). The van der Waals surface area contributed by atoms with Gasteiger partial charge < -0.3 is 11.1 Å². The van der Waals surface area contributed by atoms with Gasteiger partial charge in [0.1, 0.15) is 0 Å². The van der Waals surface area contributed by atoms with Crippen LogP contribution < -0.4 is 11.1 Å². The van der Waals surface area contributed by atoms with E-state index in [2.05, 4.69) is 12.2 Å². The molecule has 0 aromatic carbocycles. The van der Waals surface area contributed by atoms with E-state index in [0.29, 0.717) is 6.42 Å². The number of carbonyl (C=O) groups excluding carboxylic acids is 1. The lowest BCUT2D eigenvalue weighted by Crippen LogP contribution is -2.25. The van der Waals surface area contributed by atoms with Crippen molar-refractivity contribution >= 4 is 5.91 Å². The van der Waals surface area contributed by atoms with E-state index in [1.54, 1.807) is 0 Å². The Morgan fingerprint density at radius 3 is 2.28 bits per heavy atom. The molecule has 0 radical (unpaired) electrons. The first-order valence-electron chi connectivity index (χ1n) is 7.69. The molecule has 0 heterocycles. The van der Waals surface area contributed by atoms with Gasteiger partial charge in [0, 0.05) is 19.0 Å². The minimum atomic E-state index is 0.202. The van der Waals surface area contributed by atoms with Crippen LogP contribution in [-0.2, 0) is 4.79 Å². The second-order valence-electron chi connectivity index (χ2n) is 5.34. The van der Waals surface area contributed by atoms with Crippen LogP contribution in [0.1, 0.15) is 78.1 Å². The van der Waals surface area contributed by atoms with Gasteiger partial charge in [0.25, 0.3) is 0 Å². The number of nitrogens with two attached hydrogens (primary N) is 1. The summed E-state index contributed by atoms with van der Waals surface area (Å²) >= 11 is 0. The number of unbranched alkanes of at least 4 members (excludes halogenated alkanes) is 6. The largest absolute Gasteiger partial charge is 0.356 e. The van der Waals surface area contributed by atoms with Gasteiger partial charge in [-0.3, -0.25) is 4.79 Å². The van der Waals surface area contributed by atoms with E-state index >= 15 is 0 Å². The quantitative estimate of drug-likeness (QED) is 0.526. The van der Waals surface area contributed by atoms with E-state index in [1.165, 1.54) is 38.5 Å². The van der Waals surface area contributed by atoms with Gasteiger partial charge in [-0.15, -0.1) is 0 Å². The topological polar surface area (TPSA) is 55.1 Å². The summed E-state index contributed by atoms with van der Waals surface area (Å²) < 4.78 is 0. The van der Waals surface area contributed by atoms with Gasteiger partial charge in [0.2, 0.25) is 5.91 Å². The first kappa shape index (κ1) is 17.4. The molecule has 1 unspecified atom stereocenters. The fourth-order valence-corrected chi connectivity index (χ4v) is 1.98. The molecule has 3 heteroatoms. The van der Waals surface area contributed by atoms with Crippen LogP contribution >= 0.6 is 0 Å². The Bertz CT molecular complexity index is 193. The molecule has 0 saturated carbocycles. The third kappa shape index (κ3) is 13.5. The molecule has 3 N–H and O–H groups in total. The van der Waals surface area contributed by atoms with Crippen molar-refractivity contribution in [1.82, 2.24) is 5.32 Å². The fraction of sp³-hybridized carbons (Fsp3) is 0.933. The van der Waals surface area contributed by atoms with Crippen molar-refractivity contribution in [1.29, 1.82) is 0 Å². The van der Waals surface area contributed by atoms with E-state index in [4.69, 9.17) is 5.73 Å². The highest BCUT2D eigenvalue weighted by molar-refractivity contribution is 5.75. The van der Waals surface area contributed by atoms with Crippen molar-refractivity contribution in [2.24, 2.45) is 5.73 Å². The normalized spacial score (nSPS) is 12.4. The first-order valence-corrected chi connectivity index (χ1v) is 7.69. The highest BCUT2D eigenvalue weighted by Crippen LogP contribution is 2.08. The summed E-state index contributed by atoms with van der Waals surface area (Å²) in [7, 11) is 0. The Balaban J connectivity index is 3.17. The van der Waals surface area contributed by atoms with Crippen LogP contribution in [0, 0.1) is 0 Å². The maximum atomic E-state index is 11.5. The van der Waals surface area contributed by atoms with Crippen LogP contribution in [0.4, 0.5) is 0 Å². The maximum absolute atomic E-state index is 11.5. The van der Waals surface area contributed by atoms with Crippen molar-refractivity contribution in [2.45, 2.75) is 84.1 Å². The van der Waals surface area contributed by atoms with E-state index in [1.807, 2.05) is 6.92 Å². The molecule has 0 aromatic heterocycles. The van der Waals surface area contributed by atoms with E-state index < -0.39 is 0 Å². The zero-order valence-electron chi connectivity index (χ0n) is 12.3. The zero-order chi connectivity index (χ0) is 13.6. The number of rotatable bonds is 12. The molecule has 0 aromatic rings. The van der Waals surface area contributed by atoms with E-state index in [-0.39, 0.29) is 11.9 Å². The SMILES string of the molecule is CCCCCCCCCC(=O)NCCCC(C)N. The van der Waals surface area contributed by atoms with E-state index in [0.717, 1.165) is 25.8 Å². The number of carbonyl (C=O) groups is 1. The second-order valence-corrected chi connectivity index (χ2v) is 5.34. The number of hydrogen-bond acceptors (Lipinski definition) is 2. The molecule has 3 nitrogen and oxygen atoms in total. The predicted molar refractivity (Wildman–Crippen MR) is 78.5 cm³/mol. The van der Waals surface area contributed by atoms with Crippen molar-refractivity contribution < 1.29 is 4.79 Å². The predicted octanol–water partition coefficient (Wildman–Crippen LogP) is 3.37. The van der Waals surface area contributed by atoms with Crippen LogP contribution in [0.25, 0.3) is 0 Å². The van der Waals surface area contributed by atoms with Crippen LogP contribution in [0.3, 0.4) is 0 Å². The molecule has 0 bridgehead atoms. The molecule has 108 valence electrons. The van der Waals surface area contributed by atoms with Crippen LogP contribution in [0.5, 0.6) is 0 Å². The average molecular weight is 256 g/mol. The molecule has 0 spiro atoms. The minimum absolute atomic E-state index is 0.202. The molecule has 0 aliphatic carbocycles. The van der Waals surface area contributed by atoms with Crippen molar-refractivity contribution in [3.63, 3.8) is 0 Å². The van der Waals surface area contributed by atoms with E-state index in [9.17, 15) is 4.79 Å². The molecular formula is C15H32N2O. The summed E-state index contributed by atoms with van der Waals surface area (Å²) in [5.41, 5.74) is 5.64. The summed E-state index contributed by atoms with van der Waals surface area (Å²) in [6, 6.07) is 0.241. The van der Waals surface area contributed by atoms with Crippen molar-refractivity contribution in [3.8, 4) is 0 Å². The molecule has 0 aliphatic heterocycles. The Labute approximate surface area is 113 Å². The van der Waals surface area contributed by atoms with Crippen LogP contribution in [0.2, 0.25) is 0 Å². The summed E-state index contributed by atoms with van der Waals surface area (Å²) in [6.07, 6.45) is 11.5. The van der Waals surface area contributed by atoms with Crippen molar-refractivity contribution in [3.05, 3.63) is 0 Å². The lowest BCUT2D eigenvalue weighted by molar-refractivity contribution is -0.121.